The molecule has 1 aliphatic heterocycles. The van der Waals surface area contributed by atoms with Gasteiger partial charge in [0.15, 0.2) is 0 Å². The van der Waals surface area contributed by atoms with Crippen LogP contribution in [-0.2, 0) is 4.74 Å². The lowest BCUT2D eigenvalue weighted by atomic mass is 9.83. The molecule has 1 aliphatic rings. The van der Waals surface area contributed by atoms with E-state index in [1.54, 1.807) is 0 Å². The van der Waals surface area contributed by atoms with Gasteiger partial charge in [0.2, 0.25) is 0 Å². The molecule has 0 aromatic heterocycles. The van der Waals surface area contributed by atoms with Crippen molar-refractivity contribution in [3.8, 4) is 0 Å². The van der Waals surface area contributed by atoms with Gasteiger partial charge in [0.25, 0.3) is 0 Å². The highest BCUT2D eigenvalue weighted by atomic mass is 32.2. The molecule has 0 aliphatic carbocycles. The third-order valence-electron chi connectivity index (χ3n) is 2.57. The maximum Gasteiger partial charge on any atom is 0.0823 e. The molecule has 0 saturated carbocycles. The zero-order chi connectivity index (χ0) is 10.6. The highest BCUT2D eigenvalue weighted by Crippen LogP contribution is 2.27. The Labute approximate surface area is 92.2 Å². The Kier molecular flexibility index (Phi) is 4.74. The van der Waals surface area contributed by atoms with Gasteiger partial charge in [-0.1, -0.05) is 27.7 Å². The average molecular weight is 217 g/mol. The number of ether oxygens (including phenoxy) is 1. The SMILES string of the molecule is CCNC(C1CSCCO1)C(C)(C)C. The summed E-state index contributed by atoms with van der Waals surface area (Å²) in [6, 6.07) is 0.472. The highest BCUT2D eigenvalue weighted by molar-refractivity contribution is 7.99. The molecule has 2 atom stereocenters. The summed E-state index contributed by atoms with van der Waals surface area (Å²) in [6.45, 7) is 10.9. The van der Waals surface area contributed by atoms with Gasteiger partial charge < -0.3 is 10.1 Å². The number of thioether (sulfide) groups is 1. The van der Waals surface area contributed by atoms with Crippen molar-refractivity contribution in [1.29, 1.82) is 0 Å². The van der Waals surface area contributed by atoms with Crippen molar-refractivity contribution in [2.24, 2.45) is 5.41 Å². The summed E-state index contributed by atoms with van der Waals surface area (Å²) >= 11 is 2.01. The van der Waals surface area contributed by atoms with Gasteiger partial charge in [0, 0.05) is 17.5 Å². The standard InChI is InChI=1S/C11H23NOS/c1-5-12-10(11(2,3)4)9-8-14-7-6-13-9/h9-10,12H,5-8H2,1-4H3. The minimum atomic E-state index is 0.276. The first-order valence-electron chi connectivity index (χ1n) is 5.48. The third kappa shape index (κ3) is 3.44. The maximum absolute atomic E-state index is 5.84. The van der Waals surface area contributed by atoms with Crippen molar-refractivity contribution in [2.45, 2.75) is 39.8 Å². The predicted molar refractivity (Wildman–Crippen MR) is 64.0 cm³/mol. The molecule has 2 nitrogen and oxygen atoms in total. The molecule has 0 spiro atoms. The average Bonchev–Trinajstić information content (AvgIpc) is 2.14. The second kappa shape index (κ2) is 5.38. The van der Waals surface area contributed by atoms with Gasteiger partial charge >= 0.3 is 0 Å². The zero-order valence-electron chi connectivity index (χ0n) is 9.80. The van der Waals surface area contributed by atoms with Crippen LogP contribution in [0.15, 0.2) is 0 Å². The van der Waals surface area contributed by atoms with E-state index in [2.05, 4.69) is 33.0 Å². The Morgan fingerprint density at radius 1 is 1.50 bits per heavy atom. The Morgan fingerprint density at radius 3 is 2.64 bits per heavy atom. The van der Waals surface area contributed by atoms with E-state index in [0.717, 1.165) is 24.7 Å². The summed E-state index contributed by atoms with van der Waals surface area (Å²) in [6.07, 6.45) is 0.383. The Morgan fingerprint density at radius 2 is 2.21 bits per heavy atom. The van der Waals surface area contributed by atoms with Crippen LogP contribution in [0.1, 0.15) is 27.7 Å². The predicted octanol–water partition coefficient (Wildman–Crippen LogP) is 2.14. The van der Waals surface area contributed by atoms with Crippen molar-refractivity contribution in [3.63, 3.8) is 0 Å². The third-order valence-corrected chi connectivity index (χ3v) is 3.59. The molecule has 0 aromatic carbocycles. The van der Waals surface area contributed by atoms with E-state index in [1.165, 1.54) is 0 Å². The first-order valence-corrected chi connectivity index (χ1v) is 6.64. The van der Waals surface area contributed by atoms with Gasteiger partial charge in [-0.3, -0.25) is 0 Å². The summed E-state index contributed by atoms with van der Waals surface area (Å²) in [7, 11) is 0. The fourth-order valence-corrected chi connectivity index (χ4v) is 2.82. The smallest absolute Gasteiger partial charge is 0.0823 e. The molecule has 0 radical (unpaired) electrons. The van der Waals surface area contributed by atoms with Crippen LogP contribution in [-0.4, -0.2) is 36.8 Å². The topological polar surface area (TPSA) is 21.3 Å². The van der Waals surface area contributed by atoms with E-state index >= 15 is 0 Å². The fraction of sp³-hybridized carbons (Fsp3) is 1.00. The van der Waals surface area contributed by atoms with Crippen molar-refractivity contribution < 1.29 is 4.74 Å². The van der Waals surface area contributed by atoms with Gasteiger partial charge in [0.1, 0.15) is 0 Å². The Hall–Kier alpha value is 0.270. The lowest BCUT2D eigenvalue weighted by Gasteiger charge is -2.39. The molecule has 0 aromatic rings. The van der Waals surface area contributed by atoms with Crippen molar-refractivity contribution in [2.75, 3.05) is 24.7 Å². The maximum atomic E-state index is 5.84. The van der Waals surface area contributed by atoms with E-state index in [4.69, 9.17) is 4.74 Å². The quantitative estimate of drug-likeness (QED) is 0.782. The summed E-state index contributed by atoms with van der Waals surface area (Å²) < 4.78 is 5.84. The van der Waals surface area contributed by atoms with E-state index in [0.29, 0.717) is 12.1 Å². The minimum Gasteiger partial charge on any atom is -0.375 e. The number of likely N-dealkylation sites (N-methyl/N-ethyl adjacent to an activating group) is 1. The molecule has 2 unspecified atom stereocenters. The second-order valence-electron chi connectivity index (χ2n) is 4.89. The molecule has 1 saturated heterocycles. The monoisotopic (exact) mass is 217 g/mol. The lowest BCUT2D eigenvalue weighted by Crippen LogP contribution is -2.52. The van der Waals surface area contributed by atoms with Crippen LogP contribution in [0, 0.1) is 5.41 Å². The van der Waals surface area contributed by atoms with Crippen LogP contribution in [0.25, 0.3) is 0 Å². The first kappa shape index (κ1) is 12.3. The number of rotatable bonds is 3. The number of hydrogen-bond acceptors (Lipinski definition) is 3. The van der Waals surface area contributed by atoms with Crippen LogP contribution < -0.4 is 5.32 Å². The fourth-order valence-electron chi connectivity index (χ4n) is 1.91. The van der Waals surface area contributed by atoms with Crippen LogP contribution in [0.4, 0.5) is 0 Å². The van der Waals surface area contributed by atoms with Crippen LogP contribution in [0.2, 0.25) is 0 Å². The Bertz CT molecular complexity index is 161. The van der Waals surface area contributed by atoms with Gasteiger partial charge in [-0.25, -0.2) is 0 Å². The zero-order valence-corrected chi connectivity index (χ0v) is 10.6. The van der Waals surface area contributed by atoms with Gasteiger partial charge in [-0.2, -0.15) is 11.8 Å². The molecular formula is C11H23NOS. The molecule has 1 fully saturated rings. The lowest BCUT2D eigenvalue weighted by molar-refractivity contribution is 0.0150. The molecule has 3 heteroatoms. The normalized spacial score (nSPS) is 26.1. The van der Waals surface area contributed by atoms with Crippen LogP contribution >= 0.6 is 11.8 Å². The van der Waals surface area contributed by atoms with E-state index in [9.17, 15) is 0 Å². The van der Waals surface area contributed by atoms with Gasteiger partial charge in [-0.05, 0) is 12.0 Å². The van der Waals surface area contributed by atoms with E-state index < -0.39 is 0 Å². The number of hydrogen-bond donors (Lipinski definition) is 1. The van der Waals surface area contributed by atoms with Crippen molar-refractivity contribution >= 4 is 11.8 Å². The molecular weight excluding hydrogens is 194 g/mol. The largest absolute Gasteiger partial charge is 0.375 e. The van der Waals surface area contributed by atoms with Crippen LogP contribution in [0.3, 0.4) is 0 Å². The molecule has 1 rings (SSSR count). The van der Waals surface area contributed by atoms with Crippen molar-refractivity contribution in [3.05, 3.63) is 0 Å². The summed E-state index contributed by atoms with van der Waals surface area (Å²) in [5.74, 6) is 2.29. The number of nitrogens with one attached hydrogen (secondary N) is 1. The van der Waals surface area contributed by atoms with E-state index in [-0.39, 0.29) is 5.41 Å². The highest BCUT2D eigenvalue weighted by Gasteiger charge is 2.33. The molecule has 0 bridgehead atoms. The summed E-state index contributed by atoms with van der Waals surface area (Å²) in [4.78, 5) is 0. The van der Waals surface area contributed by atoms with Gasteiger partial charge in [0.05, 0.1) is 12.7 Å². The molecule has 1 heterocycles. The minimum absolute atomic E-state index is 0.276. The first-order chi connectivity index (χ1) is 6.55. The summed E-state index contributed by atoms with van der Waals surface area (Å²) in [5, 5.41) is 3.55. The second-order valence-corrected chi connectivity index (χ2v) is 6.04. The molecule has 84 valence electrons. The molecule has 1 N–H and O–H groups in total. The molecule has 14 heavy (non-hydrogen) atoms. The molecule has 0 amide bonds. The van der Waals surface area contributed by atoms with Crippen molar-refractivity contribution in [1.82, 2.24) is 5.32 Å². The Balaban J connectivity index is 2.56. The van der Waals surface area contributed by atoms with E-state index in [1.807, 2.05) is 11.8 Å². The summed E-state index contributed by atoms with van der Waals surface area (Å²) in [5.41, 5.74) is 0.276. The van der Waals surface area contributed by atoms with Crippen LogP contribution in [0.5, 0.6) is 0 Å². The van der Waals surface area contributed by atoms with Gasteiger partial charge in [-0.15, -0.1) is 0 Å².